The first-order valence-electron chi connectivity index (χ1n) is 7.69. The highest BCUT2D eigenvalue weighted by molar-refractivity contribution is 5.57. The summed E-state index contributed by atoms with van der Waals surface area (Å²) in [6.45, 7) is 3.91. The maximum absolute atomic E-state index is 9.08. The fourth-order valence-corrected chi connectivity index (χ4v) is 2.29. The first kappa shape index (κ1) is 16.0. The minimum Gasteiger partial charge on any atom is -0.455 e. The number of nitrogens with one attached hydrogen (secondary N) is 1. The molecule has 3 rings (SSSR count). The predicted octanol–water partition coefficient (Wildman–Crippen LogP) is 4.12. The highest BCUT2D eigenvalue weighted by Gasteiger charge is 2.05. The van der Waals surface area contributed by atoms with E-state index in [0.29, 0.717) is 11.6 Å². The number of rotatable bonds is 5. The molecule has 0 aliphatic heterocycles. The number of aliphatic hydroxyl groups is 1. The summed E-state index contributed by atoms with van der Waals surface area (Å²) in [5.74, 6) is 2.10. The molecule has 3 aromatic rings. The van der Waals surface area contributed by atoms with Gasteiger partial charge in [-0.2, -0.15) is 0 Å². The van der Waals surface area contributed by atoms with Gasteiger partial charge in [-0.3, -0.25) is 4.98 Å². The van der Waals surface area contributed by atoms with Crippen molar-refractivity contribution in [2.45, 2.75) is 20.5 Å². The predicted molar refractivity (Wildman–Crippen MR) is 93.7 cm³/mol. The molecule has 5 heteroatoms. The Hall–Kier alpha value is -2.92. The van der Waals surface area contributed by atoms with Gasteiger partial charge in [0.25, 0.3) is 0 Å². The zero-order valence-electron chi connectivity index (χ0n) is 13.7. The number of pyridine rings is 2. The van der Waals surface area contributed by atoms with E-state index in [0.717, 1.165) is 28.4 Å². The third-order valence-corrected chi connectivity index (χ3v) is 3.54. The molecule has 0 atom stereocenters. The number of aliphatic hydroxyl groups excluding tert-OH is 1. The van der Waals surface area contributed by atoms with Crippen molar-refractivity contribution in [1.82, 2.24) is 9.97 Å². The molecule has 5 nitrogen and oxygen atoms in total. The van der Waals surface area contributed by atoms with Crippen LogP contribution in [0.1, 0.15) is 17.0 Å². The Bertz CT molecular complexity index is 832. The van der Waals surface area contributed by atoms with E-state index in [1.165, 1.54) is 0 Å². The number of aryl methyl sites for hydroxylation is 2. The van der Waals surface area contributed by atoms with Gasteiger partial charge in [-0.1, -0.05) is 12.1 Å². The number of benzene rings is 1. The molecule has 0 aliphatic carbocycles. The lowest BCUT2D eigenvalue weighted by Gasteiger charge is -2.11. The summed E-state index contributed by atoms with van der Waals surface area (Å²) in [7, 11) is 0. The quantitative estimate of drug-likeness (QED) is 0.740. The lowest BCUT2D eigenvalue weighted by molar-refractivity contribution is 0.282. The SMILES string of the molecule is Cc1ccc(Oc2ccnc(Nc3ccc(CO)cc3)c2)c(C)n1. The van der Waals surface area contributed by atoms with Crippen LogP contribution < -0.4 is 10.1 Å². The Morgan fingerprint density at radius 1 is 1.04 bits per heavy atom. The van der Waals surface area contributed by atoms with Crippen molar-refractivity contribution < 1.29 is 9.84 Å². The third-order valence-electron chi connectivity index (χ3n) is 3.54. The van der Waals surface area contributed by atoms with Crippen LogP contribution >= 0.6 is 0 Å². The van der Waals surface area contributed by atoms with Crippen LogP contribution in [-0.4, -0.2) is 15.1 Å². The van der Waals surface area contributed by atoms with E-state index in [9.17, 15) is 0 Å². The second-order valence-electron chi connectivity index (χ2n) is 5.50. The Morgan fingerprint density at radius 2 is 1.83 bits per heavy atom. The zero-order valence-corrected chi connectivity index (χ0v) is 13.7. The molecule has 0 spiro atoms. The molecule has 0 aliphatic rings. The Balaban J connectivity index is 1.75. The van der Waals surface area contributed by atoms with Crippen molar-refractivity contribution in [2.75, 3.05) is 5.32 Å². The summed E-state index contributed by atoms with van der Waals surface area (Å²) in [5.41, 5.74) is 3.57. The first-order valence-corrected chi connectivity index (χ1v) is 7.69. The van der Waals surface area contributed by atoms with Crippen LogP contribution in [0.2, 0.25) is 0 Å². The summed E-state index contributed by atoms with van der Waals surface area (Å²) in [6.07, 6.45) is 1.69. The highest BCUT2D eigenvalue weighted by atomic mass is 16.5. The normalized spacial score (nSPS) is 10.5. The zero-order chi connectivity index (χ0) is 16.9. The van der Waals surface area contributed by atoms with E-state index in [4.69, 9.17) is 9.84 Å². The third kappa shape index (κ3) is 3.88. The molecular formula is C19H19N3O2. The number of ether oxygens (including phenoxy) is 1. The summed E-state index contributed by atoms with van der Waals surface area (Å²) in [4.78, 5) is 8.70. The first-order chi connectivity index (χ1) is 11.6. The van der Waals surface area contributed by atoms with Gasteiger partial charge in [0.05, 0.1) is 12.3 Å². The standard InChI is InChI=1S/C19H19N3O2/c1-13-3-8-18(14(2)21-13)24-17-9-10-20-19(11-17)22-16-6-4-15(12-23)5-7-16/h3-11,23H,12H2,1-2H3,(H,20,22). The Kier molecular flexibility index (Phi) is 4.72. The van der Waals surface area contributed by atoms with Crippen molar-refractivity contribution in [2.24, 2.45) is 0 Å². The molecule has 24 heavy (non-hydrogen) atoms. The molecular weight excluding hydrogens is 302 g/mol. The van der Waals surface area contributed by atoms with Crippen LogP contribution in [0.3, 0.4) is 0 Å². The largest absolute Gasteiger partial charge is 0.455 e. The van der Waals surface area contributed by atoms with Crippen LogP contribution in [0, 0.1) is 13.8 Å². The molecule has 2 heterocycles. The van der Waals surface area contributed by atoms with Crippen molar-refractivity contribution in [3.63, 3.8) is 0 Å². The van der Waals surface area contributed by atoms with Crippen LogP contribution in [0.15, 0.2) is 54.7 Å². The fraction of sp³-hybridized carbons (Fsp3) is 0.158. The smallest absolute Gasteiger partial charge is 0.148 e. The van der Waals surface area contributed by atoms with Crippen LogP contribution in [-0.2, 0) is 6.61 Å². The van der Waals surface area contributed by atoms with Crippen molar-refractivity contribution in [1.29, 1.82) is 0 Å². The second-order valence-corrected chi connectivity index (χ2v) is 5.50. The van der Waals surface area contributed by atoms with Crippen molar-refractivity contribution in [3.05, 3.63) is 71.7 Å². The number of hydrogen-bond acceptors (Lipinski definition) is 5. The molecule has 0 unspecified atom stereocenters. The maximum Gasteiger partial charge on any atom is 0.148 e. The van der Waals surface area contributed by atoms with Crippen LogP contribution in [0.25, 0.3) is 0 Å². The lowest BCUT2D eigenvalue weighted by atomic mass is 10.2. The van der Waals surface area contributed by atoms with Gasteiger partial charge in [0.2, 0.25) is 0 Å². The molecule has 2 N–H and O–H groups in total. The topological polar surface area (TPSA) is 67.3 Å². The Morgan fingerprint density at radius 3 is 2.54 bits per heavy atom. The van der Waals surface area contributed by atoms with E-state index in [-0.39, 0.29) is 6.61 Å². The van der Waals surface area contributed by atoms with E-state index in [1.54, 1.807) is 12.3 Å². The molecule has 0 saturated carbocycles. The minimum atomic E-state index is 0.0335. The lowest BCUT2D eigenvalue weighted by Crippen LogP contribution is -1.96. The monoisotopic (exact) mass is 321 g/mol. The summed E-state index contributed by atoms with van der Waals surface area (Å²) < 4.78 is 5.90. The summed E-state index contributed by atoms with van der Waals surface area (Å²) >= 11 is 0. The van der Waals surface area contributed by atoms with Gasteiger partial charge in [-0.05, 0) is 49.7 Å². The molecule has 0 radical (unpaired) electrons. The number of hydrogen-bond donors (Lipinski definition) is 2. The van der Waals surface area contributed by atoms with E-state index in [1.807, 2.05) is 56.3 Å². The average Bonchev–Trinajstić information content (AvgIpc) is 2.58. The van der Waals surface area contributed by atoms with Crippen LogP contribution in [0.5, 0.6) is 11.5 Å². The van der Waals surface area contributed by atoms with Gasteiger partial charge in [-0.25, -0.2) is 4.98 Å². The van der Waals surface area contributed by atoms with E-state index >= 15 is 0 Å². The number of nitrogens with zero attached hydrogens (tertiary/aromatic N) is 2. The van der Waals surface area contributed by atoms with Crippen LogP contribution in [0.4, 0.5) is 11.5 Å². The Labute approximate surface area is 141 Å². The van der Waals surface area contributed by atoms with Crippen molar-refractivity contribution in [3.8, 4) is 11.5 Å². The van der Waals surface area contributed by atoms with Gasteiger partial charge in [-0.15, -0.1) is 0 Å². The van der Waals surface area contributed by atoms with Gasteiger partial charge in [0.1, 0.15) is 17.3 Å². The molecule has 1 aromatic carbocycles. The molecule has 0 bridgehead atoms. The number of aromatic nitrogens is 2. The minimum absolute atomic E-state index is 0.0335. The molecule has 0 amide bonds. The van der Waals surface area contributed by atoms with Gasteiger partial charge in [0.15, 0.2) is 0 Å². The van der Waals surface area contributed by atoms with Crippen molar-refractivity contribution >= 4 is 11.5 Å². The molecule has 0 fully saturated rings. The molecule has 0 saturated heterocycles. The fourth-order valence-electron chi connectivity index (χ4n) is 2.29. The van der Waals surface area contributed by atoms with Gasteiger partial charge in [0, 0.05) is 23.6 Å². The second kappa shape index (κ2) is 7.10. The highest BCUT2D eigenvalue weighted by Crippen LogP contribution is 2.26. The summed E-state index contributed by atoms with van der Waals surface area (Å²) in [6, 6.07) is 15.0. The van der Waals surface area contributed by atoms with Gasteiger partial charge < -0.3 is 15.2 Å². The molecule has 2 aromatic heterocycles. The van der Waals surface area contributed by atoms with E-state index in [2.05, 4.69) is 15.3 Å². The maximum atomic E-state index is 9.08. The average molecular weight is 321 g/mol. The summed E-state index contributed by atoms with van der Waals surface area (Å²) in [5, 5.41) is 12.3. The molecule has 122 valence electrons. The number of anilines is 2. The van der Waals surface area contributed by atoms with Gasteiger partial charge >= 0.3 is 0 Å². The van der Waals surface area contributed by atoms with E-state index < -0.39 is 0 Å².